The maximum absolute atomic E-state index is 5.34. The third kappa shape index (κ3) is 5.68. The van der Waals surface area contributed by atoms with Crippen molar-refractivity contribution in [3.63, 3.8) is 0 Å². The maximum Gasteiger partial charge on any atom is 0.0921 e. The number of imidazole rings is 1. The number of aromatic nitrogens is 2. The van der Waals surface area contributed by atoms with Gasteiger partial charge in [-0.3, -0.25) is 0 Å². The molecule has 0 aliphatic carbocycles. The van der Waals surface area contributed by atoms with Crippen LogP contribution in [-0.4, -0.2) is 16.0 Å². The van der Waals surface area contributed by atoms with Gasteiger partial charge in [0, 0.05) is 17.9 Å². The molecule has 68 valence electrons. The van der Waals surface area contributed by atoms with E-state index in [0.29, 0.717) is 0 Å². The Labute approximate surface area is 73.7 Å². The van der Waals surface area contributed by atoms with E-state index in [4.69, 9.17) is 5.73 Å². The molecule has 3 N–H and O–H groups in total. The van der Waals surface area contributed by atoms with Gasteiger partial charge in [0.15, 0.2) is 0 Å². The second-order valence-electron chi connectivity index (χ2n) is 2.87. The molecule has 0 spiro atoms. The zero-order valence-electron chi connectivity index (χ0n) is 7.96. The summed E-state index contributed by atoms with van der Waals surface area (Å²) in [4.78, 5) is 6.66. The number of hydrogen-bond acceptors (Lipinski definition) is 2. The Kier molecular flexibility index (Phi) is 5.04. The van der Waals surface area contributed by atoms with Crippen molar-refractivity contribution in [1.82, 2.24) is 9.97 Å². The largest absolute Gasteiger partial charge is 0.349 e. The van der Waals surface area contributed by atoms with Crippen molar-refractivity contribution in [3.05, 3.63) is 30.4 Å². The number of hydrogen-bond donors (Lipinski definition) is 2. The van der Waals surface area contributed by atoms with Crippen molar-refractivity contribution >= 4 is 0 Å². The van der Waals surface area contributed by atoms with Crippen LogP contribution in [0.3, 0.4) is 0 Å². The highest BCUT2D eigenvalue weighted by Gasteiger charge is 1.87. The zero-order valence-corrected chi connectivity index (χ0v) is 7.96. The fourth-order valence-corrected chi connectivity index (χ4v) is 0.325. The smallest absolute Gasteiger partial charge is 0.0921 e. The first kappa shape index (κ1) is 10.9. The second kappa shape index (κ2) is 5.55. The minimum Gasteiger partial charge on any atom is -0.349 e. The summed E-state index contributed by atoms with van der Waals surface area (Å²) in [7, 11) is 0. The molecule has 0 unspecified atom stereocenters. The Morgan fingerprint density at radius 3 is 2.33 bits per heavy atom. The molecule has 0 aromatic carbocycles. The first-order chi connectivity index (χ1) is 5.54. The average Bonchev–Trinajstić information content (AvgIpc) is 2.40. The highest BCUT2D eigenvalue weighted by atomic mass is 14.8. The van der Waals surface area contributed by atoms with Crippen LogP contribution in [-0.2, 0) is 0 Å². The monoisotopic (exact) mass is 167 g/mol. The normalized spacial score (nSPS) is 11.3. The van der Waals surface area contributed by atoms with Gasteiger partial charge in [-0.25, -0.2) is 4.98 Å². The number of aryl methyl sites for hydroxylation is 1. The molecule has 1 heterocycles. The summed E-state index contributed by atoms with van der Waals surface area (Å²) in [6.45, 7) is 9.44. The first-order valence-electron chi connectivity index (χ1n) is 3.90. The third-order valence-electron chi connectivity index (χ3n) is 1.41. The molecule has 0 radical (unpaired) electrons. The van der Waals surface area contributed by atoms with Crippen LogP contribution >= 0.6 is 0 Å². The summed E-state index contributed by atoms with van der Waals surface area (Å²) in [6, 6.07) is 0.157. The summed E-state index contributed by atoms with van der Waals surface area (Å²) in [5, 5.41) is 0. The van der Waals surface area contributed by atoms with Gasteiger partial charge in [0.25, 0.3) is 0 Å². The maximum atomic E-state index is 5.34. The van der Waals surface area contributed by atoms with Crippen LogP contribution in [0.15, 0.2) is 24.7 Å². The van der Waals surface area contributed by atoms with Gasteiger partial charge in [-0.15, -0.1) is 0 Å². The van der Waals surface area contributed by atoms with Crippen LogP contribution in [0.1, 0.15) is 19.5 Å². The van der Waals surface area contributed by atoms with E-state index < -0.39 is 0 Å². The van der Waals surface area contributed by atoms with Crippen LogP contribution < -0.4 is 5.73 Å². The fraction of sp³-hybridized carbons (Fsp3) is 0.444. The molecule has 0 amide bonds. The van der Waals surface area contributed by atoms with Crippen LogP contribution in [0.2, 0.25) is 0 Å². The predicted octanol–water partition coefficient (Wildman–Crippen LogP) is 1.63. The summed E-state index contributed by atoms with van der Waals surface area (Å²) in [5.74, 6) is 0. The number of nitrogens with two attached hydrogens (primary N) is 1. The molecule has 0 aliphatic heterocycles. The van der Waals surface area contributed by atoms with Crippen molar-refractivity contribution in [2.24, 2.45) is 5.73 Å². The van der Waals surface area contributed by atoms with E-state index in [1.165, 1.54) is 0 Å². The highest BCUT2D eigenvalue weighted by molar-refractivity contribution is 4.96. The minimum atomic E-state index is 0.157. The van der Waals surface area contributed by atoms with Gasteiger partial charge in [-0.2, -0.15) is 0 Å². The molecule has 0 saturated carbocycles. The molecule has 1 aromatic heterocycles. The lowest BCUT2D eigenvalue weighted by Gasteiger charge is -1.98. The number of nitrogens with zero attached hydrogens (tertiary/aromatic N) is 1. The second-order valence-corrected chi connectivity index (χ2v) is 2.87. The van der Waals surface area contributed by atoms with E-state index in [2.05, 4.69) is 16.5 Å². The van der Waals surface area contributed by atoms with Crippen molar-refractivity contribution in [2.75, 3.05) is 0 Å². The molecule has 0 fully saturated rings. The van der Waals surface area contributed by atoms with E-state index in [9.17, 15) is 0 Å². The van der Waals surface area contributed by atoms with Crippen LogP contribution in [0.5, 0.6) is 0 Å². The lowest BCUT2D eigenvalue weighted by molar-refractivity contribution is 0.865. The van der Waals surface area contributed by atoms with E-state index in [1.54, 1.807) is 12.5 Å². The van der Waals surface area contributed by atoms with Gasteiger partial charge in [0.2, 0.25) is 0 Å². The van der Waals surface area contributed by atoms with E-state index in [1.807, 2.05) is 20.8 Å². The Morgan fingerprint density at radius 2 is 2.25 bits per heavy atom. The van der Waals surface area contributed by atoms with Crippen molar-refractivity contribution in [1.29, 1.82) is 0 Å². The first-order valence-corrected chi connectivity index (χ1v) is 3.90. The molecule has 0 aliphatic rings. The fourth-order valence-electron chi connectivity index (χ4n) is 0.325. The quantitative estimate of drug-likeness (QED) is 0.624. The van der Waals surface area contributed by atoms with Crippen LogP contribution in [0.25, 0.3) is 0 Å². The molecule has 1 atom stereocenters. The molecule has 0 saturated heterocycles. The molecular weight excluding hydrogens is 150 g/mol. The highest BCUT2D eigenvalue weighted by Crippen LogP contribution is 1.88. The third-order valence-corrected chi connectivity index (χ3v) is 1.41. The van der Waals surface area contributed by atoms with Crippen molar-refractivity contribution in [2.45, 2.75) is 26.8 Å². The van der Waals surface area contributed by atoms with Gasteiger partial charge in [0.1, 0.15) is 0 Å². The van der Waals surface area contributed by atoms with Gasteiger partial charge in [0.05, 0.1) is 6.33 Å². The number of H-pyrrole nitrogens is 1. The summed E-state index contributed by atoms with van der Waals surface area (Å²) >= 11 is 0. The van der Waals surface area contributed by atoms with E-state index in [0.717, 1.165) is 11.3 Å². The molecule has 0 bridgehead atoms. The Hall–Kier alpha value is -1.09. The predicted molar refractivity (Wildman–Crippen MR) is 51.8 cm³/mol. The molecular formula is C9H17N3. The van der Waals surface area contributed by atoms with Crippen molar-refractivity contribution in [3.8, 4) is 0 Å². The average molecular weight is 167 g/mol. The topological polar surface area (TPSA) is 54.7 Å². The van der Waals surface area contributed by atoms with Gasteiger partial charge in [-0.1, -0.05) is 12.2 Å². The Morgan fingerprint density at radius 1 is 1.75 bits per heavy atom. The van der Waals surface area contributed by atoms with Crippen LogP contribution in [0.4, 0.5) is 0 Å². The molecule has 12 heavy (non-hydrogen) atoms. The summed E-state index contributed by atoms with van der Waals surface area (Å²) in [6.07, 6.45) is 3.44. The lowest BCUT2D eigenvalue weighted by Crippen LogP contribution is -2.14. The number of nitrogens with one attached hydrogen (secondary N) is 1. The molecule has 3 heteroatoms. The van der Waals surface area contributed by atoms with E-state index in [-0.39, 0.29) is 6.04 Å². The van der Waals surface area contributed by atoms with E-state index >= 15 is 0 Å². The Balaban J connectivity index is 0.000000202. The standard InChI is InChI=1S/C5H11N.C4H6N2/c1-4(2)5(3)6;1-4-2-5-3-6-4/h5H,1,6H2,2-3H3;2-3H,1H3,(H,5,6)/t5-;/m1./s1. The molecule has 1 rings (SSSR count). The number of aromatic amines is 1. The van der Waals surface area contributed by atoms with Crippen LogP contribution in [0, 0.1) is 6.92 Å². The number of rotatable bonds is 1. The van der Waals surface area contributed by atoms with Gasteiger partial charge in [-0.05, 0) is 20.8 Å². The van der Waals surface area contributed by atoms with Gasteiger partial charge >= 0.3 is 0 Å². The minimum absolute atomic E-state index is 0.157. The summed E-state index contributed by atoms with van der Waals surface area (Å²) < 4.78 is 0. The summed E-state index contributed by atoms with van der Waals surface area (Å²) in [5.41, 5.74) is 7.48. The van der Waals surface area contributed by atoms with Gasteiger partial charge < -0.3 is 10.7 Å². The Bertz CT molecular complexity index is 212. The molecule has 1 aromatic rings. The molecule has 3 nitrogen and oxygen atoms in total. The zero-order chi connectivity index (χ0) is 9.56. The SMILES string of the molecule is C=C(C)[C@@H](C)N.Cc1cnc[nH]1. The van der Waals surface area contributed by atoms with Crippen molar-refractivity contribution < 1.29 is 0 Å². The lowest BCUT2D eigenvalue weighted by atomic mass is 10.2.